The van der Waals surface area contributed by atoms with Gasteiger partial charge < -0.3 is 5.32 Å². The first-order valence-corrected chi connectivity index (χ1v) is 7.68. The maximum Gasteiger partial charge on any atom is 0.0373 e. The fourth-order valence-corrected chi connectivity index (χ4v) is 3.34. The molecule has 0 bridgehead atoms. The van der Waals surface area contributed by atoms with Crippen molar-refractivity contribution < 1.29 is 0 Å². The van der Waals surface area contributed by atoms with Gasteiger partial charge in [-0.2, -0.15) is 0 Å². The number of aryl methyl sites for hydroxylation is 2. The van der Waals surface area contributed by atoms with Gasteiger partial charge in [-0.05, 0) is 64.9 Å². The van der Waals surface area contributed by atoms with Crippen molar-refractivity contribution in [2.45, 2.75) is 19.8 Å². The average molecular weight is 273 g/mol. The van der Waals surface area contributed by atoms with Crippen LogP contribution in [0.4, 0.5) is 5.69 Å². The van der Waals surface area contributed by atoms with E-state index in [1.807, 2.05) is 0 Å². The first-order valence-electron chi connectivity index (χ1n) is 7.68. The minimum atomic E-state index is 1.10. The Hall–Kier alpha value is -2.28. The van der Waals surface area contributed by atoms with Crippen molar-refractivity contribution in [2.75, 3.05) is 11.9 Å². The summed E-state index contributed by atoms with van der Waals surface area (Å²) in [5.74, 6) is 0. The van der Waals surface area contributed by atoms with E-state index in [0.717, 1.165) is 6.54 Å². The van der Waals surface area contributed by atoms with Crippen LogP contribution >= 0.6 is 0 Å². The highest BCUT2D eigenvalue weighted by molar-refractivity contribution is 5.98. The molecule has 104 valence electrons. The molecule has 1 nitrogen and oxygen atoms in total. The summed E-state index contributed by atoms with van der Waals surface area (Å²) in [6.07, 6.45) is 2.41. The molecule has 1 N–H and O–H groups in total. The fourth-order valence-electron chi connectivity index (χ4n) is 3.34. The smallest absolute Gasteiger partial charge is 0.0373 e. The standard InChI is InChI=1S/C20H19N/c1-14-8-10-18(19-7-3-2-6-17(14)19)15-9-11-20-16(13-15)5-4-12-21-20/h2-3,6-11,13,21H,4-5,12H2,1H3. The maximum absolute atomic E-state index is 3.49. The molecule has 1 heteroatoms. The fraction of sp³-hybridized carbons (Fsp3) is 0.200. The normalized spacial score (nSPS) is 13.8. The van der Waals surface area contributed by atoms with Crippen molar-refractivity contribution >= 4 is 16.5 Å². The van der Waals surface area contributed by atoms with Gasteiger partial charge in [-0.1, -0.05) is 42.5 Å². The summed E-state index contributed by atoms with van der Waals surface area (Å²) in [6.45, 7) is 3.28. The monoisotopic (exact) mass is 273 g/mol. The molecular weight excluding hydrogens is 254 g/mol. The van der Waals surface area contributed by atoms with Crippen LogP contribution in [-0.2, 0) is 6.42 Å². The van der Waals surface area contributed by atoms with Gasteiger partial charge in [-0.3, -0.25) is 0 Å². The molecule has 21 heavy (non-hydrogen) atoms. The number of hydrogen-bond acceptors (Lipinski definition) is 1. The lowest BCUT2D eigenvalue weighted by Gasteiger charge is -2.19. The van der Waals surface area contributed by atoms with Crippen LogP contribution in [0.15, 0.2) is 54.6 Å². The van der Waals surface area contributed by atoms with Crippen molar-refractivity contribution in [1.82, 2.24) is 0 Å². The van der Waals surface area contributed by atoms with Crippen molar-refractivity contribution in [3.63, 3.8) is 0 Å². The van der Waals surface area contributed by atoms with E-state index >= 15 is 0 Å². The third-order valence-corrected chi connectivity index (χ3v) is 4.50. The lowest BCUT2D eigenvalue weighted by Crippen LogP contribution is -2.11. The van der Waals surface area contributed by atoms with E-state index in [2.05, 4.69) is 66.8 Å². The Bertz CT molecular complexity index is 817. The van der Waals surface area contributed by atoms with E-state index < -0.39 is 0 Å². The molecule has 0 spiro atoms. The van der Waals surface area contributed by atoms with E-state index in [-0.39, 0.29) is 0 Å². The van der Waals surface area contributed by atoms with Crippen molar-refractivity contribution in [3.05, 3.63) is 65.7 Å². The van der Waals surface area contributed by atoms with Crippen LogP contribution in [0.2, 0.25) is 0 Å². The minimum Gasteiger partial charge on any atom is -0.385 e. The van der Waals surface area contributed by atoms with E-state index in [0.29, 0.717) is 0 Å². The zero-order valence-corrected chi connectivity index (χ0v) is 12.3. The lowest BCUT2D eigenvalue weighted by molar-refractivity contribution is 0.831. The molecule has 0 saturated carbocycles. The summed E-state index contributed by atoms with van der Waals surface area (Å²) in [5.41, 5.74) is 6.76. The molecule has 0 radical (unpaired) electrons. The van der Waals surface area contributed by atoms with E-state index in [1.165, 1.54) is 51.6 Å². The minimum absolute atomic E-state index is 1.10. The number of benzene rings is 3. The summed E-state index contributed by atoms with van der Waals surface area (Å²) in [5, 5.41) is 6.19. The number of nitrogens with one attached hydrogen (secondary N) is 1. The van der Waals surface area contributed by atoms with Crippen LogP contribution in [0.3, 0.4) is 0 Å². The number of fused-ring (bicyclic) bond motifs is 2. The first-order chi connectivity index (χ1) is 10.3. The molecule has 0 unspecified atom stereocenters. The number of hydrogen-bond donors (Lipinski definition) is 1. The second kappa shape index (κ2) is 4.92. The van der Waals surface area contributed by atoms with Crippen molar-refractivity contribution in [3.8, 4) is 11.1 Å². The number of anilines is 1. The predicted molar refractivity (Wildman–Crippen MR) is 90.9 cm³/mol. The zero-order chi connectivity index (χ0) is 14.2. The Morgan fingerprint density at radius 2 is 1.76 bits per heavy atom. The molecule has 1 aliphatic heterocycles. The second-order valence-corrected chi connectivity index (χ2v) is 5.88. The Balaban J connectivity index is 1.92. The van der Waals surface area contributed by atoms with Crippen molar-refractivity contribution in [2.24, 2.45) is 0 Å². The highest BCUT2D eigenvalue weighted by atomic mass is 14.9. The Labute approximate surface area is 125 Å². The van der Waals surface area contributed by atoms with E-state index in [1.54, 1.807) is 0 Å². The van der Waals surface area contributed by atoms with Crippen LogP contribution in [0, 0.1) is 6.92 Å². The molecule has 0 atom stereocenters. The highest BCUT2D eigenvalue weighted by Crippen LogP contribution is 2.33. The van der Waals surface area contributed by atoms with Gasteiger partial charge in [0.25, 0.3) is 0 Å². The average Bonchev–Trinajstić information content (AvgIpc) is 2.55. The van der Waals surface area contributed by atoms with Crippen LogP contribution < -0.4 is 5.32 Å². The van der Waals surface area contributed by atoms with Gasteiger partial charge in [0, 0.05) is 12.2 Å². The predicted octanol–water partition coefficient (Wildman–Crippen LogP) is 5.17. The van der Waals surface area contributed by atoms with Crippen LogP contribution in [-0.4, -0.2) is 6.54 Å². The van der Waals surface area contributed by atoms with Gasteiger partial charge in [0.05, 0.1) is 0 Å². The number of rotatable bonds is 1. The molecule has 3 aromatic carbocycles. The Kier molecular flexibility index (Phi) is 2.92. The van der Waals surface area contributed by atoms with Gasteiger partial charge in [-0.25, -0.2) is 0 Å². The van der Waals surface area contributed by atoms with Crippen molar-refractivity contribution in [1.29, 1.82) is 0 Å². The van der Waals surface area contributed by atoms with Gasteiger partial charge in [0.2, 0.25) is 0 Å². The molecule has 1 heterocycles. The quantitative estimate of drug-likeness (QED) is 0.644. The van der Waals surface area contributed by atoms with E-state index in [9.17, 15) is 0 Å². The summed E-state index contributed by atoms with van der Waals surface area (Å²) in [6, 6.07) is 20.0. The topological polar surface area (TPSA) is 12.0 Å². The van der Waals surface area contributed by atoms with Crippen LogP contribution in [0.5, 0.6) is 0 Å². The molecule has 0 aliphatic carbocycles. The Morgan fingerprint density at radius 3 is 2.67 bits per heavy atom. The zero-order valence-electron chi connectivity index (χ0n) is 12.3. The first kappa shape index (κ1) is 12.5. The van der Waals surface area contributed by atoms with E-state index in [4.69, 9.17) is 0 Å². The molecular formula is C20H19N. The summed E-state index contributed by atoms with van der Waals surface area (Å²) in [4.78, 5) is 0. The lowest BCUT2D eigenvalue weighted by atomic mass is 9.93. The molecule has 0 saturated heterocycles. The SMILES string of the molecule is Cc1ccc(-c2ccc3c(c2)CCCN3)c2ccccc12. The summed E-state index contributed by atoms with van der Waals surface area (Å²) < 4.78 is 0. The van der Waals surface area contributed by atoms with Gasteiger partial charge in [0.15, 0.2) is 0 Å². The van der Waals surface area contributed by atoms with Gasteiger partial charge >= 0.3 is 0 Å². The largest absolute Gasteiger partial charge is 0.385 e. The summed E-state index contributed by atoms with van der Waals surface area (Å²) in [7, 11) is 0. The molecule has 1 aliphatic rings. The second-order valence-electron chi connectivity index (χ2n) is 5.88. The molecule has 0 amide bonds. The molecule has 0 fully saturated rings. The Morgan fingerprint density at radius 1 is 0.905 bits per heavy atom. The summed E-state index contributed by atoms with van der Waals surface area (Å²) >= 11 is 0. The van der Waals surface area contributed by atoms with Gasteiger partial charge in [-0.15, -0.1) is 0 Å². The third-order valence-electron chi connectivity index (χ3n) is 4.50. The molecule has 0 aromatic heterocycles. The third kappa shape index (κ3) is 2.09. The van der Waals surface area contributed by atoms with Gasteiger partial charge in [0.1, 0.15) is 0 Å². The maximum atomic E-state index is 3.49. The van der Waals surface area contributed by atoms with Crippen LogP contribution in [0.25, 0.3) is 21.9 Å². The van der Waals surface area contributed by atoms with Crippen LogP contribution in [0.1, 0.15) is 17.5 Å². The highest BCUT2D eigenvalue weighted by Gasteiger charge is 2.11. The molecule has 3 aromatic rings. The molecule has 4 rings (SSSR count).